The van der Waals surface area contributed by atoms with Crippen molar-refractivity contribution >= 4 is 33.7 Å². The summed E-state index contributed by atoms with van der Waals surface area (Å²) >= 11 is 0. The van der Waals surface area contributed by atoms with E-state index in [1.54, 1.807) is 7.11 Å². The van der Waals surface area contributed by atoms with Gasteiger partial charge in [0.05, 0.1) is 26.2 Å². The number of hydrogen-bond acceptors (Lipinski definition) is 5. The highest BCUT2D eigenvalue weighted by molar-refractivity contribution is 6.88. The van der Waals surface area contributed by atoms with Crippen LogP contribution >= 0.6 is 0 Å². The Labute approximate surface area is 290 Å². The Bertz CT molecular complexity index is 1260. The van der Waals surface area contributed by atoms with Gasteiger partial charge in [0.25, 0.3) is 0 Å². The van der Waals surface area contributed by atoms with Crippen molar-refractivity contribution in [3.05, 3.63) is 34.3 Å². The van der Waals surface area contributed by atoms with Gasteiger partial charge in [0, 0.05) is 11.1 Å². The summed E-state index contributed by atoms with van der Waals surface area (Å²) in [5, 5.41) is 0.649. The fraction of sp³-hybridized carbons (Fsp3) is 0.775. The van der Waals surface area contributed by atoms with Gasteiger partial charge in [-0.1, -0.05) is 90.9 Å². The molecule has 2 aliphatic rings. The number of Topliss-reactive ketones (excluding diaryl/α,β-unsaturated/α-hetero) is 3. The Balaban J connectivity index is 2.98. The first-order valence-corrected chi connectivity index (χ1v) is 24.5. The molecule has 47 heavy (non-hydrogen) atoms. The van der Waals surface area contributed by atoms with E-state index in [1.807, 2.05) is 27.7 Å². The largest absolute Gasteiger partial charge is 0.500 e. The average molecular weight is 687 g/mol. The van der Waals surface area contributed by atoms with E-state index in [9.17, 15) is 0 Å². The van der Waals surface area contributed by atoms with Crippen LogP contribution in [0.15, 0.2) is 34.3 Å². The molecule has 2 bridgehead atoms. The molecular weight excluding hydrogens is 617 g/mol. The lowest BCUT2D eigenvalue weighted by molar-refractivity contribution is -0.180. The van der Waals surface area contributed by atoms with Gasteiger partial charge in [-0.2, -0.15) is 0 Å². The Morgan fingerprint density at radius 3 is 1.94 bits per heavy atom. The minimum absolute atomic E-state index is 0.0694. The fourth-order valence-electron chi connectivity index (χ4n) is 8.91. The predicted molar refractivity (Wildman–Crippen MR) is 203 cm³/mol. The van der Waals surface area contributed by atoms with Crippen LogP contribution in [0.2, 0.25) is 37.8 Å². The SMILES string of the molecule is CC[Si](CC)(CC)OC(C)(C)CCC[C@]1(C)[C@@H](CC=C(C)C)C[C@@]2(CC=C(C)C)C(=O)[C@]1(C(=O)C(C)C)C(=O)C([Si](C)(C)C)=C2OC. The van der Waals surface area contributed by atoms with Gasteiger partial charge in [-0.05, 0) is 103 Å². The molecule has 0 aromatic rings. The Morgan fingerprint density at radius 1 is 0.979 bits per heavy atom. The fourth-order valence-corrected chi connectivity index (χ4v) is 14.0. The number of carbonyl (C=O) groups excluding carboxylic acids is 3. The van der Waals surface area contributed by atoms with Crippen molar-refractivity contribution in [3.63, 3.8) is 0 Å². The number of allylic oxidation sites excluding steroid dienone is 6. The summed E-state index contributed by atoms with van der Waals surface area (Å²) < 4.78 is 13.2. The van der Waals surface area contributed by atoms with Crippen LogP contribution in [-0.2, 0) is 23.5 Å². The molecule has 7 heteroatoms. The first-order chi connectivity index (χ1) is 21.5. The molecular formula is C40H70O5Si2. The van der Waals surface area contributed by atoms with Crippen molar-refractivity contribution in [1.29, 1.82) is 0 Å². The van der Waals surface area contributed by atoms with Crippen LogP contribution in [0.1, 0.15) is 122 Å². The van der Waals surface area contributed by atoms with Crippen molar-refractivity contribution in [2.45, 2.75) is 165 Å². The Morgan fingerprint density at radius 2 is 1.51 bits per heavy atom. The predicted octanol–water partition coefficient (Wildman–Crippen LogP) is 10.8. The molecule has 1 saturated carbocycles. The average Bonchev–Trinajstić information content (AvgIpc) is 2.96. The van der Waals surface area contributed by atoms with Gasteiger partial charge in [-0.15, -0.1) is 0 Å². The lowest BCUT2D eigenvalue weighted by Gasteiger charge is -2.62. The molecule has 0 N–H and O–H groups in total. The maximum absolute atomic E-state index is 15.6. The topological polar surface area (TPSA) is 69.7 Å². The van der Waals surface area contributed by atoms with Crippen molar-refractivity contribution in [3.8, 4) is 0 Å². The van der Waals surface area contributed by atoms with E-state index < -0.39 is 38.6 Å². The third-order valence-corrected chi connectivity index (χ3v) is 18.6. The standard InChI is InChI=1S/C40H70O5Si2/c1-17-47(18-2,19-3)45-37(10,11)24-20-25-38(12)31(22-21-28(4)5)27-39(26-23-29(6)7)35(44-13)32(46(14,15)16)34(42)40(38,36(39)43)33(41)30(8)9/h21,23,30-31H,17-20,22,24-27H2,1-16H3/t31-,38+,39+,40-/m0/s1. The molecule has 0 heterocycles. The first kappa shape index (κ1) is 41.6. The number of carbonyl (C=O) groups is 3. The zero-order valence-electron chi connectivity index (χ0n) is 33.2. The number of fused-ring (bicyclic) bond motifs is 2. The summed E-state index contributed by atoms with van der Waals surface area (Å²) in [7, 11) is -2.63. The molecule has 0 spiro atoms. The second kappa shape index (κ2) is 15.1. The second-order valence-electron chi connectivity index (χ2n) is 17.4. The second-order valence-corrected chi connectivity index (χ2v) is 27.1. The highest BCUT2D eigenvalue weighted by Crippen LogP contribution is 2.68. The third-order valence-electron chi connectivity index (χ3n) is 11.8. The molecule has 0 aromatic heterocycles. The highest BCUT2D eigenvalue weighted by Gasteiger charge is 2.76. The summed E-state index contributed by atoms with van der Waals surface area (Å²) in [6.45, 7) is 31.7. The zero-order valence-corrected chi connectivity index (χ0v) is 35.2. The van der Waals surface area contributed by atoms with Gasteiger partial charge in [0.15, 0.2) is 31.1 Å². The van der Waals surface area contributed by atoms with Crippen LogP contribution < -0.4 is 0 Å². The monoisotopic (exact) mass is 686 g/mol. The minimum atomic E-state index is -2.40. The Kier molecular flexibility index (Phi) is 13.4. The molecule has 0 unspecified atom stereocenters. The lowest BCUT2D eigenvalue weighted by atomic mass is 9.38. The normalized spacial score (nSPS) is 26.9. The van der Waals surface area contributed by atoms with E-state index in [-0.39, 0.29) is 28.9 Å². The minimum Gasteiger partial charge on any atom is -0.500 e. The maximum atomic E-state index is 15.6. The summed E-state index contributed by atoms with van der Waals surface area (Å²) in [5.74, 6) is -0.697. The van der Waals surface area contributed by atoms with E-state index in [0.29, 0.717) is 36.6 Å². The van der Waals surface area contributed by atoms with Crippen molar-refractivity contribution in [2.75, 3.05) is 7.11 Å². The molecule has 5 nitrogen and oxygen atoms in total. The molecule has 2 rings (SSSR count). The lowest BCUT2D eigenvalue weighted by Crippen LogP contribution is -2.72. The van der Waals surface area contributed by atoms with E-state index >= 15 is 14.4 Å². The van der Waals surface area contributed by atoms with Crippen LogP contribution in [0.4, 0.5) is 0 Å². The van der Waals surface area contributed by atoms with Crippen LogP contribution in [0.5, 0.6) is 0 Å². The van der Waals surface area contributed by atoms with E-state index in [1.165, 1.54) is 5.57 Å². The molecule has 0 amide bonds. The van der Waals surface area contributed by atoms with Crippen LogP contribution in [0.25, 0.3) is 0 Å². The van der Waals surface area contributed by atoms with Crippen molar-refractivity contribution in [1.82, 2.24) is 0 Å². The summed E-state index contributed by atoms with van der Waals surface area (Å²) in [5.41, 5.74) is -1.70. The molecule has 2 aliphatic carbocycles. The van der Waals surface area contributed by atoms with E-state index in [4.69, 9.17) is 9.16 Å². The maximum Gasteiger partial charge on any atom is 0.192 e. The van der Waals surface area contributed by atoms with Gasteiger partial charge in [-0.3, -0.25) is 14.4 Å². The molecule has 0 aromatic carbocycles. The number of rotatable bonds is 17. The number of ketones is 3. The van der Waals surface area contributed by atoms with E-state index in [2.05, 4.69) is 87.2 Å². The van der Waals surface area contributed by atoms with Gasteiger partial charge in [0.2, 0.25) is 0 Å². The molecule has 1 fully saturated rings. The van der Waals surface area contributed by atoms with Gasteiger partial charge in [0.1, 0.15) is 5.76 Å². The highest BCUT2D eigenvalue weighted by atomic mass is 28.4. The van der Waals surface area contributed by atoms with E-state index in [0.717, 1.165) is 36.5 Å². The molecule has 0 aliphatic heterocycles. The first-order valence-electron chi connectivity index (χ1n) is 18.4. The third kappa shape index (κ3) is 7.62. The van der Waals surface area contributed by atoms with Crippen LogP contribution in [0, 0.1) is 28.1 Å². The molecule has 0 saturated heterocycles. The summed E-state index contributed by atoms with van der Waals surface area (Å²) in [4.78, 5) is 46.1. The summed E-state index contributed by atoms with van der Waals surface area (Å²) in [6.07, 6.45) is 8.25. The smallest absolute Gasteiger partial charge is 0.192 e. The molecule has 4 atom stereocenters. The molecule has 0 radical (unpaired) electrons. The zero-order chi connectivity index (χ0) is 36.4. The quantitative estimate of drug-likeness (QED) is 0.0865. The number of methoxy groups -OCH3 is 1. The van der Waals surface area contributed by atoms with Crippen LogP contribution in [-0.4, -0.2) is 46.5 Å². The van der Waals surface area contributed by atoms with Gasteiger partial charge in [-0.25, -0.2) is 0 Å². The number of hydrogen-bond donors (Lipinski definition) is 0. The van der Waals surface area contributed by atoms with Crippen LogP contribution in [0.3, 0.4) is 0 Å². The van der Waals surface area contributed by atoms with Gasteiger partial charge >= 0.3 is 0 Å². The van der Waals surface area contributed by atoms with Crippen molar-refractivity contribution < 1.29 is 23.5 Å². The number of ether oxygens (including phenoxy) is 1. The Hall–Kier alpha value is -1.58. The van der Waals surface area contributed by atoms with Gasteiger partial charge < -0.3 is 9.16 Å². The summed E-state index contributed by atoms with van der Waals surface area (Å²) in [6, 6.07) is 3.26. The molecule has 268 valence electrons. The van der Waals surface area contributed by atoms with Crippen molar-refractivity contribution in [2.24, 2.45) is 28.1 Å².